The maximum absolute atomic E-state index is 13.3. The van der Waals surface area contributed by atoms with Gasteiger partial charge in [-0.15, -0.1) is 0 Å². The molecule has 110 valence electrons. The molecule has 0 spiro atoms. The first-order chi connectivity index (χ1) is 10.0. The van der Waals surface area contributed by atoms with Gasteiger partial charge in [0.1, 0.15) is 5.82 Å². The van der Waals surface area contributed by atoms with Crippen LogP contribution in [0.15, 0.2) is 42.5 Å². The molecule has 0 heterocycles. The smallest absolute Gasteiger partial charge is 0.271 e. The Balaban J connectivity index is 2.25. The summed E-state index contributed by atoms with van der Waals surface area (Å²) in [6.07, 6.45) is 0.719. The Hall–Kier alpha value is -2.14. The van der Waals surface area contributed by atoms with E-state index in [9.17, 15) is 14.5 Å². The van der Waals surface area contributed by atoms with E-state index in [1.54, 1.807) is 12.1 Å². The van der Waals surface area contributed by atoms with Crippen molar-refractivity contribution in [2.75, 3.05) is 5.32 Å². The first-order valence-electron chi connectivity index (χ1n) is 6.47. The second kappa shape index (κ2) is 6.54. The molecule has 2 rings (SSSR count). The van der Waals surface area contributed by atoms with Crippen LogP contribution >= 0.6 is 11.6 Å². The van der Waals surface area contributed by atoms with Crippen LogP contribution in [0.4, 0.5) is 15.8 Å². The lowest BCUT2D eigenvalue weighted by Gasteiger charge is -2.19. The third-order valence-electron chi connectivity index (χ3n) is 3.15. The fourth-order valence-corrected chi connectivity index (χ4v) is 2.30. The zero-order chi connectivity index (χ0) is 15.4. The number of nitro benzene ring substituents is 1. The molecule has 0 bridgehead atoms. The van der Waals surface area contributed by atoms with Gasteiger partial charge < -0.3 is 5.32 Å². The van der Waals surface area contributed by atoms with Crippen molar-refractivity contribution in [3.63, 3.8) is 0 Å². The van der Waals surface area contributed by atoms with Crippen molar-refractivity contribution >= 4 is 23.0 Å². The number of rotatable bonds is 5. The van der Waals surface area contributed by atoms with Gasteiger partial charge in [-0.3, -0.25) is 10.1 Å². The van der Waals surface area contributed by atoms with Crippen molar-refractivity contribution in [3.8, 4) is 0 Å². The Labute approximate surface area is 126 Å². The molecule has 0 aliphatic heterocycles. The third-order valence-corrected chi connectivity index (χ3v) is 3.47. The van der Waals surface area contributed by atoms with Crippen LogP contribution in [0, 0.1) is 15.9 Å². The Morgan fingerprint density at radius 3 is 2.67 bits per heavy atom. The Morgan fingerprint density at radius 1 is 1.33 bits per heavy atom. The first kappa shape index (κ1) is 15.3. The van der Waals surface area contributed by atoms with E-state index in [1.165, 1.54) is 24.3 Å². The number of hydrogen-bond donors (Lipinski definition) is 1. The molecule has 0 radical (unpaired) electrons. The van der Waals surface area contributed by atoms with Gasteiger partial charge in [-0.25, -0.2) is 4.39 Å². The van der Waals surface area contributed by atoms with E-state index in [2.05, 4.69) is 5.32 Å². The number of non-ortho nitro benzene ring substituents is 1. The lowest BCUT2D eigenvalue weighted by atomic mass is 10.0. The van der Waals surface area contributed by atoms with Crippen LogP contribution in [0.1, 0.15) is 24.9 Å². The molecular formula is C15H14ClFN2O2. The number of hydrogen-bond acceptors (Lipinski definition) is 3. The van der Waals surface area contributed by atoms with Crippen LogP contribution in [-0.2, 0) is 0 Å². The highest BCUT2D eigenvalue weighted by molar-refractivity contribution is 6.33. The number of nitrogens with one attached hydrogen (secondary N) is 1. The van der Waals surface area contributed by atoms with Gasteiger partial charge in [0.15, 0.2) is 0 Å². The number of anilines is 1. The predicted molar refractivity (Wildman–Crippen MR) is 81.2 cm³/mol. The summed E-state index contributed by atoms with van der Waals surface area (Å²) in [5, 5.41) is 14.1. The standard InChI is InChI=1S/C15H14ClFN2O2/c1-2-14(10-4-3-5-11(17)8-10)18-15-7-6-12(19(20)21)9-13(15)16/h3-9,14,18H,2H2,1H3. The summed E-state index contributed by atoms with van der Waals surface area (Å²) < 4.78 is 13.3. The summed E-state index contributed by atoms with van der Waals surface area (Å²) in [5.74, 6) is -0.303. The third kappa shape index (κ3) is 3.70. The fraction of sp³-hybridized carbons (Fsp3) is 0.200. The van der Waals surface area contributed by atoms with Gasteiger partial charge in [-0.1, -0.05) is 30.7 Å². The number of nitro groups is 1. The van der Waals surface area contributed by atoms with E-state index in [1.807, 2.05) is 13.0 Å². The van der Waals surface area contributed by atoms with Crippen molar-refractivity contribution in [2.24, 2.45) is 0 Å². The van der Waals surface area contributed by atoms with Gasteiger partial charge in [0.25, 0.3) is 5.69 Å². The molecule has 2 aromatic carbocycles. The summed E-state index contributed by atoms with van der Waals surface area (Å²) >= 11 is 6.05. The molecule has 1 unspecified atom stereocenters. The minimum Gasteiger partial charge on any atom is -0.377 e. The van der Waals surface area contributed by atoms with E-state index < -0.39 is 4.92 Å². The number of halogens is 2. The monoisotopic (exact) mass is 308 g/mol. The number of nitrogens with zero attached hydrogens (tertiary/aromatic N) is 1. The van der Waals surface area contributed by atoms with Crippen LogP contribution in [0.2, 0.25) is 5.02 Å². The van der Waals surface area contributed by atoms with Crippen molar-refractivity contribution in [3.05, 3.63) is 69.0 Å². The highest BCUT2D eigenvalue weighted by atomic mass is 35.5. The van der Waals surface area contributed by atoms with Crippen LogP contribution < -0.4 is 5.32 Å². The quantitative estimate of drug-likeness (QED) is 0.628. The molecule has 0 aliphatic rings. The molecule has 1 N–H and O–H groups in total. The van der Waals surface area contributed by atoms with E-state index >= 15 is 0 Å². The van der Waals surface area contributed by atoms with E-state index in [4.69, 9.17) is 11.6 Å². The maximum atomic E-state index is 13.3. The average molecular weight is 309 g/mol. The minimum absolute atomic E-state index is 0.0654. The fourth-order valence-electron chi connectivity index (χ4n) is 2.07. The molecule has 0 saturated carbocycles. The zero-order valence-electron chi connectivity index (χ0n) is 11.3. The van der Waals surface area contributed by atoms with Crippen LogP contribution in [0.3, 0.4) is 0 Å². The van der Waals surface area contributed by atoms with Gasteiger partial charge in [0, 0.05) is 12.1 Å². The van der Waals surface area contributed by atoms with Crippen LogP contribution in [-0.4, -0.2) is 4.92 Å². The Kier molecular flexibility index (Phi) is 4.75. The molecule has 0 saturated heterocycles. The van der Waals surface area contributed by atoms with Gasteiger partial charge in [0.05, 0.1) is 21.7 Å². The lowest BCUT2D eigenvalue weighted by molar-refractivity contribution is -0.384. The lowest BCUT2D eigenvalue weighted by Crippen LogP contribution is -2.10. The summed E-state index contributed by atoms with van der Waals surface area (Å²) in [6.45, 7) is 1.96. The minimum atomic E-state index is -0.500. The van der Waals surface area contributed by atoms with Gasteiger partial charge in [-0.2, -0.15) is 0 Å². The first-order valence-corrected chi connectivity index (χ1v) is 6.85. The molecule has 0 fully saturated rings. The average Bonchev–Trinajstić information content (AvgIpc) is 2.45. The summed E-state index contributed by atoms with van der Waals surface area (Å²) in [6, 6.07) is 10.4. The topological polar surface area (TPSA) is 55.2 Å². The highest BCUT2D eigenvalue weighted by Crippen LogP contribution is 2.31. The second-order valence-corrected chi connectivity index (χ2v) is 4.99. The molecule has 0 amide bonds. The number of benzene rings is 2. The molecular weight excluding hydrogens is 295 g/mol. The SMILES string of the molecule is CCC(Nc1ccc([N+](=O)[O-])cc1Cl)c1cccc(F)c1. The van der Waals surface area contributed by atoms with Crippen LogP contribution in [0.25, 0.3) is 0 Å². The molecule has 1 atom stereocenters. The molecule has 0 aromatic heterocycles. The second-order valence-electron chi connectivity index (χ2n) is 4.58. The van der Waals surface area contributed by atoms with Crippen molar-refractivity contribution in [1.82, 2.24) is 0 Å². The van der Waals surface area contributed by atoms with E-state index in [-0.39, 0.29) is 22.6 Å². The van der Waals surface area contributed by atoms with Crippen molar-refractivity contribution in [1.29, 1.82) is 0 Å². The van der Waals surface area contributed by atoms with Crippen molar-refractivity contribution < 1.29 is 9.31 Å². The molecule has 21 heavy (non-hydrogen) atoms. The highest BCUT2D eigenvalue weighted by Gasteiger charge is 2.14. The van der Waals surface area contributed by atoms with Crippen molar-refractivity contribution in [2.45, 2.75) is 19.4 Å². The molecule has 2 aromatic rings. The Bertz CT molecular complexity index is 664. The zero-order valence-corrected chi connectivity index (χ0v) is 12.1. The van der Waals surface area contributed by atoms with Gasteiger partial charge in [-0.05, 0) is 30.2 Å². The summed E-state index contributed by atoms with van der Waals surface area (Å²) in [5.41, 5.74) is 1.31. The normalized spacial score (nSPS) is 12.0. The Morgan fingerprint density at radius 2 is 2.10 bits per heavy atom. The van der Waals surface area contributed by atoms with Gasteiger partial charge in [0.2, 0.25) is 0 Å². The summed E-state index contributed by atoms with van der Waals surface area (Å²) in [7, 11) is 0. The molecule has 4 nitrogen and oxygen atoms in total. The molecule has 0 aliphatic carbocycles. The maximum Gasteiger partial charge on any atom is 0.271 e. The van der Waals surface area contributed by atoms with Gasteiger partial charge >= 0.3 is 0 Å². The summed E-state index contributed by atoms with van der Waals surface area (Å²) in [4.78, 5) is 10.2. The molecule has 6 heteroatoms. The largest absolute Gasteiger partial charge is 0.377 e. The van der Waals surface area contributed by atoms with E-state index in [0.29, 0.717) is 5.69 Å². The van der Waals surface area contributed by atoms with E-state index in [0.717, 1.165) is 12.0 Å². The predicted octanol–water partition coefficient (Wildman–Crippen LogP) is 4.95. The van der Waals surface area contributed by atoms with Crippen LogP contribution in [0.5, 0.6) is 0 Å².